The van der Waals surface area contributed by atoms with E-state index in [-0.39, 0.29) is 16.6 Å². The van der Waals surface area contributed by atoms with Crippen molar-refractivity contribution in [1.82, 2.24) is 10.2 Å². The Balaban J connectivity index is 0.00000232. The molecule has 0 atom stereocenters. The molecule has 0 unspecified atom stereocenters. The Morgan fingerprint density at radius 1 is 1.43 bits per heavy atom. The smallest absolute Gasteiger partial charge is 0.263 e. The van der Waals surface area contributed by atoms with Crippen LogP contribution in [-0.4, -0.2) is 54.6 Å². The fraction of sp³-hybridized carbons (Fsp3) is 0.467. The zero-order valence-electron chi connectivity index (χ0n) is 14.0. The van der Waals surface area contributed by atoms with Crippen LogP contribution < -0.4 is 5.32 Å². The van der Waals surface area contributed by atoms with Gasteiger partial charge in [-0.05, 0) is 13.8 Å². The monoisotopic (exact) mass is 344 g/mol. The predicted molar refractivity (Wildman–Crippen MR) is 90.3 cm³/mol. The van der Waals surface area contributed by atoms with E-state index in [1.54, 1.807) is 27.2 Å². The molecule has 130 valence electrons. The van der Waals surface area contributed by atoms with Crippen LogP contribution in [0.15, 0.2) is 33.7 Å². The van der Waals surface area contributed by atoms with Crippen molar-refractivity contribution in [2.75, 3.05) is 27.8 Å². The number of rotatable bonds is 7. The van der Waals surface area contributed by atoms with Gasteiger partial charge < -0.3 is 25.2 Å². The first-order valence-electron chi connectivity index (χ1n) is 6.91. The maximum Gasteiger partial charge on any atom is 0.263 e. The average molecular weight is 344 g/mol. The van der Waals surface area contributed by atoms with Gasteiger partial charge in [0.05, 0.1) is 19.3 Å². The van der Waals surface area contributed by atoms with Crippen LogP contribution in [0.4, 0.5) is 0 Å². The van der Waals surface area contributed by atoms with E-state index in [0.29, 0.717) is 24.5 Å². The van der Waals surface area contributed by atoms with Crippen molar-refractivity contribution in [3.8, 4) is 0 Å². The largest absolute Gasteiger partial charge is 0.514 e. The number of hydrogen-bond acceptors (Lipinski definition) is 7. The lowest BCUT2D eigenvalue weighted by Crippen LogP contribution is -2.28. The molecule has 0 saturated carbocycles. The highest BCUT2D eigenvalue weighted by molar-refractivity contribution is 8.07. The summed E-state index contributed by atoms with van der Waals surface area (Å²) in [6.45, 7) is 4.14. The Labute approximate surface area is 140 Å². The number of hydrogen-bond donors (Lipinski definition) is 3. The number of aliphatic hydroxyl groups is 2. The number of ketones is 1. The van der Waals surface area contributed by atoms with E-state index in [1.165, 1.54) is 4.90 Å². The van der Waals surface area contributed by atoms with E-state index in [1.807, 2.05) is 6.92 Å². The minimum Gasteiger partial charge on any atom is -0.514 e. The molecule has 1 aliphatic carbocycles. The third-order valence-corrected chi connectivity index (χ3v) is 3.56. The molecule has 0 saturated heterocycles. The van der Waals surface area contributed by atoms with Crippen molar-refractivity contribution in [2.24, 2.45) is 0 Å². The molecule has 0 bridgehead atoms. The number of likely N-dealkylation sites (N-methyl/N-ethyl adjacent to an activating group) is 1. The normalized spacial score (nSPS) is 14.6. The number of ether oxygens (including phenoxy) is 1. The van der Waals surface area contributed by atoms with Crippen LogP contribution in [0.3, 0.4) is 0 Å². The average Bonchev–Trinajstić information content (AvgIpc) is 2.53. The summed E-state index contributed by atoms with van der Waals surface area (Å²) in [5.41, 5.74) is 0.449. The number of nitrogens with zero attached hydrogens (tertiary/aromatic N) is 1. The number of amides is 1. The van der Waals surface area contributed by atoms with Gasteiger partial charge in [-0.25, -0.2) is 0 Å². The number of carbonyl (C=O) groups excluding carboxylic acids is 2. The summed E-state index contributed by atoms with van der Waals surface area (Å²) in [4.78, 5) is 25.5. The van der Waals surface area contributed by atoms with Gasteiger partial charge in [0, 0.05) is 32.3 Å². The molecule has 0 aromatic heterocycles. The molecule has 1 aliphatic rings. The van der Waals surface area contributed by atoms with Gasteiger partial charge in [0.15, 0.2) is 5.78 Å². The summed E-state index contributed by atoms with van der Waals surface area (Å²) in [6.07, 6.45) is 2.71. The minimum absolute atomic E-state index is 0.00482. The van der Waals surface area contributed by atoms with Gasteiger partial charge in [-0.2, -0.15) is 0 Å². The Bertz CT molecular complexity index is 524. The highest BCUT2D eigenvalue weighted by Gasteiger charge is 2.28. The number of aliphatic hydroxyl groups excluding tert-OH is 2. The van der Waals surface area contributed by atoms with Gasteiger partial charge in [0.1, 0.15) is 16.4 Å². The van der Waals surface area contributed by atoms with Crippen molar-refractivity contribution >= 4 is 23.5 Å². The van der Waals surface area contributed by atoms with Crippen molar-refractivity contribution < 1.29 is 24.5 Å². The van der Waals surface area contributed by atoms with E-state index in [4.69, 9.17) is 14.9 Å². The molecule has 0 radical (unpaired) electrons. The summed E-state index contributed by atoms with van der Waals surface area (Å²) < 4.78 is 5.31. The Morgan fingerprint density at radius 3 is 2.48 bits per heavy atom. The van der Waals surface area contributed by atoms with Gasteiger partial charge in [-0.3, -0.25) is 9.59 Å². The van der Waals surface area contributed by atoms with Gasteiger partial charge in [0.25, 0.3) is 5.91 Å². The summed E-state index contributed by atoms with van der Waals surface area (Å²) >= 11 is 1.12. The standard InChI is InChI=1S/C14H20N2O4S.CH4O/c1-5-20-11-6-10(18)13(11)15-7-9(2)21-12(8-17)14(19)16(3)4;1-2/h7-8,15,17H,5-6H2,1-4H3;2H,1H3/b9-7+,12-8+;. The molecule has 0 spiro atoms. The summed E-state index contributed by atoms with van der Waals surface area (Å²) in [6, 6.07) is 0. The summed E-state index contributed by atoms with van der Waals surface area (Å²) in [5, 5.41) is 19.0. The van der Waals surface area contributed by atoms with Crippen LogP contribution in [0.25, 0.3) is 0 Å². The number of thioether (sulfide) groups is 1. The fourth-order valence-corrected chi connectivity index (χ4v) is 2.34. The quantitative estimate of drug-likeness (QED) is 0.475. The topological polar surface area (TPSA) is 99.1 Å². The second kappa shape index (κ2) is 10.7. The highest BCUT2D eigenvalue weighted by atomic mass is 32.2. The van der Waals surface area contributed by atoms with E-state index in [2.05, 4.69) is 5.32 Å². The zero-order chi connectivity index (χ0) is 18.0. The minimum atomic E-state index is -0.288. The van der Waals surface area contributed by atoms with Crippen molar-refractivity contribution in [3.05, 3.63) is 33.7 Å². The fourth-order valence-electron chi connectivity index (χ4n) is 1.55. The van der Waals surface area contributed by atoms with Gasteiger partial charge in [-0.15, -0.1) is 0 Å². The van der Waals surface area contributed by atoms with Crippen LogP contribution in [0.1, 0.15) is 20.3 Å². The molecule has 0 heterocycles. The maximum absolute atomic E-state index is 11.8. The zero-order valence-corrected chi connectivity index (χ0v) is 14.9. The second-order valence-electron chi connectivity index (χ2n) is 4.53. The van der Waals surface area contributed by atoms with E-state index in [9.17, 15) is 9.59 Å². The molecule has 8 heteroatoms. The summed E-state index contributed by atoms with van der Waals surface area (Å²) in [7, 11) is 4.21. The molecule has 0 aliphatic heterocycles. The molecule has 3 N–H and O–H groups in total. The summed E-state index contributed by atoms with van der Waals surface area (Å²) in [5.74, 6) is 0.359. The Morgan fingerprint density at radius 2 is 2.04 bits per heavy atom. The first kappa shape index (κ1) is 21.1. The van der Waals surface area contributed by atoms with E-state index in [0.717, 1.165) is 30.0 Å². The number of allylic oxidation sites excluding steroid dienone is 3. The van der Waals surface area contributed by atoms with Crippen molar-refractivity contribution in [3.63, 3.8) is 0 Å². The van der Waals surface area contributed by atoms with Crippen molar-refractivity contribution in [2.45, 2.75) is 20.3 Å². The molecule has 0 aromatic rings. The SMILES string of the molecule is CCOC1=C(N/C=C(\C)S/C(=C/O)C(=O)N(C)C)C(=O)C1.CO. The van der Waals surface area contributed by atoms with Crippen LogP contribution in [0.2, 0.25) is 0 Å². The lowest BCUT2D eigenvalue weighted by atomic mass is 10.0. The lowest BCUT2D eigenvalue weighted by Gasteiger charge is -2.22. The first-order chi connectivity index (χ1) is 10.9. The van der Waals surface area contributed by atoms with E-state index >= 15 is 0 Å². The lowest BCUT2D eigenvalue weighted by molar-refractivity contribution is -0.124. The van der Waals surface area contributed by atoms with Crippen LogP contribution in [0, 0.1) is 0 Å². The van der Waals surface area contributed by atoms with Crippen LogP contribution >= 0.6 is 11.8 Å². The second-order valence-corrected chi connectivity index (χ2v) is 5.81. The van der Waals surface area contributed by atoms with Crippen LogP contribution in [-0.2, 0) is 14.3 Å². The van der Waals surface area contributed by atoms with Crippen LogP contribution in [0.5, 0.6) is 0 Å². The van der Waals surface area contributed by atoms with Crippen molar-refractivity contribution in [1.29, 1.82) is 0 Å². The Hall–Kier alpha value is -1.93. The number of nitrogens with one attached hydrogen (secondary N) is 1. The maximum atomic E-state index is 11.8. The number of Topliss-reactive ketones (excluding diaryl/α,β-unsaturated/α-hetero) is 1. The van der Waals surface area contributed by atoms with Gasteiger partial charge in [0.2, 0.25) is 0 Å². The van der Waals surface area contributed by atoms with Gasteiger partial charge >= 0.3 is 0 Å². The van der Waals surface area contributed by atoms with E-state index < -0.39 is 0 Å². The molecule has 1 rings (SSSR count). The molecular formula is C15H24N2O5S. The molecule has 1 amide bonds. The highest BCUT2D eigenvalue weighted by Crippen LogP contribution is 2.27. The number of carbonyl (C=O) groups is 2. The third kappa shape index (κ3) is 6.37. The Kier molecular flexibility index (Phi) is 9.84. The third-order valence-electron chi connectivity index (χ3n) is 2.62. The molecular weight excluding hydrogens is 320 g/mol. The first-order valence-corrected chi connectivity index (χ1v) is 7.73. The molecule has 0 aromatic carbocycles. The van der Waals surface area contributed by atoms with Gasteiger partial charge in [-0.1, -0.05) is 11.8 Å². The predicted octanol–water partition coefficient (Wildman–Crippen LogP) is 1.49. The molecule has 23 heavy (non-hydrogen) atoms. The molecule has 0 fully saturated rings. The molecule has 7 nitrogen and oxygen atoms in total.